The van der Waals surface area contributed by atoms with E-state index in [1.807, 2.05) is 25.3 Å². The smallest absolute Gasteiger partial charge is 0.257 e. The van der Waals surface area contributed by atoms with Crippen LogP contribution in [0.25, 0.3) is 16.7 Å². The van der Waals surface area contributed by atoms with Gasteiger partial charge in [-0.25, -0.2) is 4.98 Å². The molecule has 1 saturated heterocycles. The molecule has 0 unspecified atom stereocenters. The van der Waals surface area contributed by atoms with Crippen molar-refractivity contribution >= 4 is 34.0 Å². The van der Waals surface area contributed by atoms with Gasteiger partial charge in [-0.2, -0.15) is 5.26 Å². The summed E-state index contributed by atoms with van der Waals surface area (Å²) < 4.78 is 7.72. The van der Waals surface area contributed by atoms with Crippen molar-refractivity contribution in [1.82, 2.24) is 34.9 Å². The first-order valence-corrected chi connectivity index (χ1v) is 12.8. The number of amides is 1. The van der Waals surface area contributed by atoms with Gasteiger partial charge in [-0.05, 0) is 39.0 Å². The second-order valence-corrected chi connectivity index (χ2v) is 9.89. The van der Waals surface area contributed by atoms with E-state index in [1.165, 1.54) is 6.07 Å². The number of ether oxygens (including phenoxy) is 1. The van der Waals surface area contributed by atoms with Crippen molar-refractivity contribution in [3.8, 4) is 17.7 Å². The maximum atomic E-state index is 13.6. The van der Waals surface area contributed by atoms with Crippen LogP contribution in [0.2, 0.25) is 0 Å². The van der Waals surface area contributed by atoms with Gasteiger partial charge in [0.1, 0.15) is 17.1 Å². The molecule has 0 bridgehead atoms. The lowest BCUT2D eigenvalue weighted by Crippen LogP contribution is -2.54. The highest BCUT2D eigenvalue weighted by atomic mass is 16.5. The Morgan fingerprint density at radius 3 is 2.58 bits per heavy atom. The van der Waals surface area contributed by atoms with Gasteiger partial charge >= 0.3 is 0 Å². The van der Waals surface area contributed by atoms with Gasteiger partial charge in [0.05, 0.1) is 22.6 Å². The first kappa shape index (κ1) is 25.1. The van der Waals surface area contributed by atoms with E-state index in [9.17, 15) is 4.79 Å². The summed E-state index contributed by atoms with van der Waals surface area (Å²) in [5.74, 6) is 0.227. The van der Waals surface area contributed by atoms with E-state index in [-0.39, 0.29) is 17.5 Å². The number of benzene rings is 1. The molecule has 200 valence electrons. The van der Waals surface area contributed by atoms with Gasteiger partial charge in [0.25, 0.3) is 5.91 Å². The minimum absolute atomic E-state index is 0.178. The third kappa shape index (κ3) is 4.85. The molecular weight excluding hydrogens is 508 g/mol. The molecule has 12 nitrogen and oxygen atoms in total. The summed E-state index contributed by atoms with van der Waals surface area (Å²) in [7, 11) is 0. The molecule has 0 radical (unpaired) electrons. The number of hydrogen-bond donors (Lipinski definition) is 2. The number of nitriles is 1. The first-order chi connectivity index (χ1) is 19.4. The van der Waals surface area contributed by atoms with E-state index >= 15 is 0 Å². The Morgan fingerprint density at radius 2 is 1.85 bits per heavy atom. The van der Waals surface area contributed by atoms with E-state index < -0.39 is 0 Å². The van der Waals surface area contributed by atoms with Crippen LogP contribution in [0.15, 0.2) is 55.1 Å². The van der Waals surface area contributed by atoms with Crippen molar-refractivity contribution in [1.29, 1.82) is 5.26 Å². The minimum atomic E-state index is -0.334. The Morgan fingerprint density at radius 1 is 1.07 bits per heavy atom. The molecule has 0 aliphatic carbocycles. The number of anilines is 2. The fourth-order valence-corrected chi connectivity index (χ4v) is 5.08. The summed E-state index contributed by atoms with van der Waals surface area (Å²) in [6, 6.07) is 11.1. The number of nitrogens with zero attached hydrogens (tertiary/aromatic N) is 8. The summed E-state index contributed by atoms with van der Waals surface area (Å²) in [6.07, 6.45) is 6.83. The van der Waals surface area contributed by atoms with Gasteiger partial charge in [-0.1, -0.05) is 0 Å². The molecule has 1 fully saturated rings. The predicted octanol–water partition coefficient (Wildman–Crippen LogP) is 3.48. The zero-order valence-corrected chi connectivity index (χ0v) is 22.2. The zero-order chi connectivity index (χ0) is 27.8. The average Bonchev–Trinajstić information content (AvgIpc) is 3.32. The normalized spacial score (nSPS) is 17.1. The molecular formula is C28H26N10O2. The first-order valence-electron chi connectivity index (χ1n) is 12.8. The fraction of sp³-hybridized carbons (Fsp3) is 0.250. The Labute approximate surface area is 229 Å². The van der Waals surface area contributed by atoms with E-state index in [0.717, 1.165) is 24.5 Å². The Balaban J connectivity index is 1.33. The van der Waals surface area contributed by atoms with Crippen molar-refractivity contribution < 1.29 is 9.53 Å². The standard InChI is InChI=1S/C28H26N10O2/c1-16-12-37(13-17(2)32-16)22-6-5-21(25-26(22)31-9-8-30-25)28(39)34-20-10-23(27-33-18(3)14-38(27)15-20)40-24-7-4-19(11-29)35-36-24/h4-10,14-17,32H,12-13H2,1-3H3,(H,34,39)/t16-,17-/m1/s1. The second kappa shape index (κ2) is 10.2. The van der Waals surface area contributed by atoms with Crippen LogP contribution in [0, 0.1) is 18.3 Å². The van der Waals surface area contributed by atoms with Crippen LogP contribution in [0.5, 0.6) is 11.6 Å². The zero-order valence-electron chi connectivity index (χ0n) is 22.2. The number of pyridine rings is 1. The molecule has 5 aromatic rings. The van der Waals surface area contributed by atoms with Crippen molar-refractivity contribution in [2.45, 2.75) is 32.9 Å². The van der Waals surface area contributed by atoms with Crippen molar-refractivity contribution in [2.24, 2.45) is 0 Å². The summed E-state index contributed by atoms with van der Waals surface area (Å²) in [4.78, 5) is 29.5. The third-order valence-electron chi connectivity index (χ3n) is 6.61. The van der Waals surface area contributed by atoms with E-state index in [1.54, 1.807) is 41.2 Å². The van der Waals surface area contributed by atoms with Gasteiger partial charge in [-0.15, -0.1) is 10.2 Å². The fourth-order valence-electron chi connectivity index (χ4n) is 5.08. The average molecular weight is 535 g/mol. The Hall–Kier alpha value is -5.15. The number of aromatic nitrogens is 6. The molecule has 6 rings (SSSR count). The molecule has 1 aromatic carbocycles. The quantitative estimate of drug-likeness (QED) is 0.343. The van der Waals surface area contributed by atoms with Crippen molar-refractivity contribution in [3.63, 3.8) is 0 Å². The Bertz CT molecular complexity index is 1770. The van der Waals surface area contributed by atoms with Gasteiger partial charge in [0.15, 0.2) is 17.1 Å². The van der Waals surface area contributed by atoms with Crippen LogP contribution in [-0.4, -0.2) is 60.6 Å². The Kier molecular flexibility index (Phi) is 6.41. The molecule has 5 heterocycles. The third-order valence-corrected chi connectivity index (χ3v) is 6.61. The monoisotopic (exact) mass is 534 g/mol. The number of fused-ring (bicyclic) bond motifs is 2. The minimum Gasteiger partial charge on any atom is -0.434 e. The number of aryl methyl sites for hydroxylation is 1. The number of piperazine rings is 1. The SMILES string of the molecule is Cc1cn2cc(NC(=O)c3ccc(N4C[C@@H](C)N[C@H](C)C4)c4nccnc34)cc(Oc3ccc(C#N)nn3)c2n1. The van der Waals surface area contributed by atoms with Crippen LogP contribution in [-0.2, 0) is 0 Å². The van der Waals surface area contributed by atoms with Gasteiger partial charge in [0, 0.05) is 62.1 Å². The van der Waals surface area contributed by atoms with Gasteiger partial charge in [0.2, 0.25) is 5.88 Å². The molecule has 12 heteroatoms. The summed E-state index contributed by atoms with van der Waals surface area (Å²) in [5.41, 5.74) is 4.55. The molecule has 1 aliphatic rings. The molecule has 4 aromatic heterocycles. The van der Waals surface area contributed by atoms with Crippen LogP contribution in [0.3, 0.4) is 0 Å². The molecule has 40 heavy (non-hydrogen) atoms. The van der Waals surface area contributed by atoms with Crippen molar-refractivity contribution in [2.75, 3.05) is 23.3 Å². The molecule has 2 N–H and O–H groups in total. The van der Waals surface area contributed by atoms with E-state index in [4.69, 9.17) is 10.00 Å². The summed E-state index contributed by atoms with van der Waals surface area (Å²) >= 11 is 0. The maximum Gasteiger partial charge on any atom is 0.257 e. The molecule has 1 amide bonds. The lowest BCUT2D eigenvalue weighted by Gasteiger charge is -2.38. The number of carbonyl (C=O) groups is 1. The highest BCUT2D eigenvalue weighted by molar-refractivity contribution is 6.13. The number of nitrogens with one attached hydrogen (secondary N) is 2. The van der Waals surface area contributed by atoms with Crippen LogP contribution < -0.4 is 20.3 Å². The van der Waals surface area contributed by atoms with Crippen molar-refractivity contribution in [3.05, 3.63) is 72.1 Å². The lowest BCUT2D eigenvalue weighted by atomic mass is 10.1. The number of imidazole rings is 1. The van der Waals surface area contributed by atoms with Gasteiger partial charge in [-0.3, -0.25) is 14.8 Å². The highest BCUT2D eigenvalue weighted by Crippen LogP contribution is 2.31. The highest BCUT2D eigenvalue weighted by Gasteiger charge is 2.25. The largest absolute Gasteiger partial charge is 0.434 e. The number of hydrogen-bond acceptors (Lipinski definition) is 10. The predicted molar refractivity (Wildman–Crippen MR) is 149 cm³/mol. The summed E-state index contributed by atoms with van der Waals surface area (Å²) in [5, 5.41) is 23.3. The van der Waals surface area contributed by atoms with Crippen LogP contribution >= 0.6 is 0 Å². The van der Waals surface area contributed by atoms with Gasteiger partial charge < -0.3 is 24.7 Å². The molecule has 1 aliphatic heterocycles. The summed E-state index contributed by atoms with van der Waals surface area (Å²) in [6.45, 7) is 7.84. The molecule has 2 atom stereocenters. The van der Waals surface area contributed by atoms with E-state index in [2.05, 4.69) is 54.5 Å². The topological polar surface area (TPSA) is 146 Å². The lowest BCUT2D eigenvalue weighted by molar-refractivity contribution is 0.102. The maximum absolute atomic E-state index is 13.6. The van der Waals surface area contributed by atoms with Crippen LogP contribution in [0.1, 0.15) is 35.6 Å². The number of rotatable bonds is 5. The van der Waals surface area contributed by atoms with E-state index in [0.29, 0.717) is 45.8 Å². The second-order valence-electron chi connectivity index (χ2n) is 9.89. The molecule has 0 saturated carbocycles. The van der Waals surface area contributed by atoms with Crippen LogP contribution in [0.4, 0.5) is 11.4 Å². The number of carbonyl (C=O) groups excluding carboxylic acids is 1. The molecule has 0 spiro atoms.